The lowest BCUT2D eigenvalue weighted by atomic mass is 10.1. The number of hydrogen-bond acceptors (Lipinski definition) is 4. The molecule has 1 aliphatic rings. The molecule has 0 aliphatic carbocycles. The number of furan rings is 1. The van der Waals surface area contributed by atoms with Gasteiger partial charge in [0.05, 0.1) is 11.3 Å². The summed E-state index contributed by atoms with van der Waals surface area (Å²) in [5.41, 5.74) is 2.38. The van der Waals surface area contributed by atoms with E-state index in [1.807, 2.05) is 23.1 Å². The molecule has 2 aromatic carbocycles. The van der Waals surface area contributed by atoms with Crippen molar-refractivity contribution in [3.63, 3.8) is 0 Å². The van der Waals surface area contributed by atoms with Gasteiger partial charge in [0.15, 0.2) is 10.4 Å². The van der Waals surface area contributed by atoms with Crippen molar-refractivity contribution in [3.05, 3.63) is 82.2 Å². The summed E-state index contributed by atoms with van der Waals surface area (Å²) in [7, 11) is 1.60. The van der Waals surface area contributed by atoms with Gasteiger partial charge in [-0.15, -0.1) is 0 Å². The van der Waals surface area contributed by atoms with Crippen molar-refractivity contribution in [2.24, 2.45) is 0 Å². The second-order valence-corrected chi connectivity index (χ2v) is 8.34. The molecule has 1 aliphatic heterocycles. The van der Waals surface area contributed by atoms with Crippen molar-refractivity contribution in [2.45, 2.75) is 19.4 Å². The average molecular weight is 496 g/mol. The lowest BCUT2D eigenvalue weighted by Gasteiger charge is -2.20. The van der Waals surface area contributed by atoms with E-state index in [4.69, 9.17) is 4.42 Å². The van der Waals surface area contributed by atoms with Crippen LogP contribution in [0.4, 0.5) is 11.4 Å². The Hall–Kier alpha value is -3.39. The van der Waals surface area contributed by atoms with Crippen molar-refractivity contribution >= 4 is 45.0 Å². The molecular weight excluding hydrogens is 474 g/mol. The Morgan fingerprint density at radius 2 is 1.94 bits per heavy atom. The van der Waals surface area contributed by atoms with E-state index in [0.717, 1.165) is 18.5 Å². The summed E-state index contributed by atoms with van der Waals surface area (Å²) < 4.78 is 5.81. The summed E-state index contributed by atoms with van der Waals surface area (Å²) >= 11 is 3.19. The summed E-state index contributed by atoms with van der Waals surface area (Å²) in [6, 6.07) is 17.5. The van der Waals surface area contributed by atoms with Crippen LogP contribution in [0.2, 0.25) is 0 Å². The van der Waals surface area contributed by atoms with Crippen molar-refractivity contribution in [1.82, 2.24) is 4.90 Å². The number of amides is 3. The normalized spacial score (nSPS) is 13.3. The first-order chi connectivity index (χ1) is 15.4. The number of likely N-dealkylation sites (tertiary alicyclic amines) is 1. The van der Waals surface area contributed by atoms with Gasteiger partial charge >= 0.3 is 0 Å². The van der Waals surface area contributed by atoms with Crippen LogP contribution in [0, 0.1) is 0 Å². The predicted molar refractivity (Wildman–Crippen MR) is 125 cm³/mol. The second kappa shape index (κ2) is 9.40. The Labute approximate surface area is 194 Å². The van der Waals surface area contributed by atoms with E-state index in [1.165, 1.54) is 4.90 Å². The van der Waals surface area contributed by atoms with Crippen molar-refractivity contribution in [1.29, 1.82) is 0 Å². The van der Waals surface area contributed by atoms with Gasteiger partial charge in [-0.1, -0.05) is 24.3 Å². The Morgan fingerprint density at radius 1 is 1.12 bits per heavy atom. The molecule has 1 aromatic heterocycles. The van der Waals surface area contributed by atoms with Gasteiger partial charge < -0.3 is 19.5 Å². The Morgan fingerprint density at radius 3 is 2.66 bits per heavy atom. The molecule has 8 heteroatoms. The highest BCUT2D eigenvalue weighted by molar-refractivity contribution is 9.10. The van der Waals surface area contributed by atoms with Crippen LogP contribution < -0.4 is 10.2 Å². The predicted octanol–water partition coefficient (Wildman–Crippen LogP) is 4.69. The Kier molecular flexibility index (Phi) is 6.41. The largest absolute Gasteiger partial charge is 0.444 e. The van der Waals surface area contributed by atoms with Gasteiger partial charge in [0, 0.05) is 32.2 Å². The van der Waals surface area contributed by atoms with Crippen LogP contribution in [0.15, 0.2) is 69.8 Å². The molecule has 7 nitrogen and oxygen atoms in total. The monoisotopic (exact) mass is 495 g/mol. The summed E-state index contributed by atoms with van der Waals surface area (Å²) in [4.78, 5) is 40.9. The number of nitrogens with one attached hydrogen (secondary N) is 1. The lowest BCUT2D eigenvalue weighted by molar-refractivity contribution is -0.128. The van der Waals surface area contributed by atoms with E-state index in [2.05, 4.69) is 21.2 Å². The SMILES string of the molecule is CN(C(=O)c1ccc(Br)o1)c1ccccc1C(=O)Nc1cccc(CN2CCCC2=O)c1. The zero-order valence-corrected chi connectivity index (χ0v) is 19.1. The summed E-state index contributed by atoms with van der Waals surface area (Å²) in [5, 5.41) is 2.90. The summed E-state index contributed by atoms with van der Waals surface area (Å²) in [5.74, 6) is -0.382. The van der Waals surface area contributed by atoms with Crippen molar-refractivity contribution < 1.29 is 18.8 Å². The van der Waals surface area contributed by atoms with Crippen LogP contribution in [0.5, 0.6) is 0 Å². The van der Waals surface area contributed by atoms with E-state index in [-0.39, 0.29) is 23.5 Å². The Bertz CT molecular complexity index is 1170. The molecule has 32 heavy (non-hydrogen) atoms. The van der Waals surface area contributed by atoms with Crippen molar-refractivity contribution in [3.8, 4) is 0 Å². The minimum Gasteiger partial charge on any atom is -0.444 e. The highest BCUT2D eigenvalue weighted by Gasteiger charge is 2.23. The van der Waals surface area contributed by atoms with Crippen LogP contribution in [-0.2, 0) is 11.3 Å². The quantitative estimate of drug-likeness (QED) is 0.537. The van der Waals surface area contributed by atoms with Gasteiger partial charge in [0.25, 0.3) is 11.8 Å². The molecule has 4 rings (SSSR count). The van der Waals surface area contributed by atoms with Crippen LogP contribution in [0.25, 0.3) is 0 Å². The molecule has 1 N–H and O–H groups in total. The molecule has 164 valence electrons. The van der Waals surface area contributed by atoms with E-state index in [1.54, 1.807) is 49.5 Å². The topological polar surface area (TPSA) is 82.9 Å². The fourth-order valence-corrected chi connectivity index (χ4v) is 4.01. The minimum atomic E-state index is -0.367. The molecular formula is C24H22BrN3O4. The Balaban J connectivity index is 1.51. The molecule has 1 saturated heterocycles. The number of benzene rings is 2. The van der Waals surface area contributed by atoms with E-state index >= 15 is 0 Å². The third-order valence-electron chi connectivity index (χ3n) is 5.33. The summed E-state index contributed by atoms with van der Waals surface area (Å²) in [6.45, 7) is 1.28. The number of anilines is 2. The van der Waals surface area contributed by atoms with Crippen LogP contribution in [-0.4, -0.2) is 36.2 Å². The summed E-state index contributed by atoms with van der Waals surface area (Å²) in [6.07, 6.45) is 1.47. The van der Waals surface area contributed by atoms with E-state index in [0.29, 0.717) is 34.6 Å². The van der Waals surface area contributed by atoms with Gasteiger partial charge in [-0.2, -0.15) is 0 Å². The third kappa shape index (κ3) is 4.75. The number of carbonyl (C=O) groups is 3. The fourth-order valence-electron chi connectivity index (χ4n) is 3.70. The number of nitrogens with zero attached hydrogens (tertiary/aromatic N) is 2. The highest BCUT2D eigenvalue weighted by Crippen LogP contribution is 2.24. The van der Waals surface area contributed by atoms with Crippen LogP contribution >= 0.6 is 15.9 Å². The number of carbonyl (C=O) groups excluding carboxylic acids is 3. The minimum absolute atomic E-state index is 0.157. The molecule has 0 atom stereocenters. The van der Waals surface area contributed by atoms with E-state index in [9.17, 15) is 14.4 Å². The number of para-hydroxylation sites is 1. The molecule has 0 bridgehead atoms. The van der Waals surface area contributed by atoms with E-state index < -0.39 is 0 Å². The van der Waals surface area contributed by atoms with Crippen LogP contribution in [0.1, 0.15) is 39.3 Å². The van der Waals surface area contributed by atoms with Gasteiger partial charge in [0.1, 0.15) is 0 Å². The van der Waals surface area contributed by atoms with Gasteiger partial charge in [0.2, 0.25) is 5.91 Å². The maximum Gasteiger partial charge on any atom is 0.293 e. The molecule has 2 heterocycles. The lowest BCUT2D eigenvalue weighted by Crippen LogP contribution is -2.28. The molecule has 1 fully saturated rings. The zero-order valence-electron chi connectivity index (χ0n) is 17.5. The second-order valence-electron chi connectivity index (χ2n) is 7.56. The number of rotatable bonds is 6. The first kappa shape index (κ1) is 21.8. The van der Waals surface area contributed by atoms with Gasteiger partial charge in [-0.05, 0) is 64.3 Å². The standard InChI is InChI=1S/C24H22BrN3O4/c1-27(24(31)20-11-12-21(25)32-20)19-9-3-2-8-18(19)23(30)26-17-7-4-6-16(14-17)15-28-13-5-10-22(28)29/h2-4,6-9,11-12,14H,5,10,13,15H2,1H3,(H,26,30). The third-order valence-corrected chi connectivity index (χ3v) is 5.75. The molecule has 0 radical (unpaired) electrons. The molecule has 0 spiro atoms. The molecule has 3 aromatic rings. The maximum absolute atomic E-state index is 13.1. The number of halogens is 1. The fraction of sp³-hybridized carbons (Fsp3) is 0.208. The average Bonchev–Trinajstić information content (AvgIpc) is 3.41. The molecule has 0 unspecified atom stereocenters. The van der Waals surface area contributed by atoms with Crippen molar-refractivity contribution in [2.75, 3.05) is 23.8 Å². The molecule has 0 saturated carbocycles. The van der Waals surface area contributed by atoms with Gasteiger partial charge in [-0.25, -0.2) is 0 Å². The molecule has 3 amide bonds. The number of hydrogen-bond donors (Lipinski definition) is 1. The smallest absolute Gasteiger partial charge is 0.293 e. The zero-order chi connectivity index (χ0) is 22.7. The van der Waals surface area contributed by atoms with Gasteiger partial charge in [-0.3, -0.25) is 14.4 Å². The first-order valence-corrected chi connectivity index (χ1v) is 11.0. The maximum atomic E-state index is 13.1. The highest BCUT2D eigenvalue weighted by atomic mass is 79.9. The first-order valence-electron chi connectivity index (χ1n) is 10.2. The van der Waals surface area contributed by atoms with Crippen LogP contribution in [0.3, 0.4) is 0 Å².